The SMILES string of the molecule is C/C=C/COC1(OC)C=C(Br)C=C(C)C1=O. The van der Waals surface area contributed by atoms with Gasteiger partial charge in [0.15, 0.2) is 0 Å². The number of rotatable bonds is 4. The van der Waals surface area contributed by atoms with Crippen LogP contribution < -0.4 is 0 Å². The molecule has 88 valence electrons. The van der Waals surface area contributed by atoms with Crippen LogP contribution in [0.4, 0.5) is 0 Å². The molecule has 0 radical (unpaired) electrons. The van der Waals surface area contributed by atoms with E-state index in [1.54, 1.807) is 19.1 Å². The Morgan fingerprint density at radius 2 is 2.25 bits per heavy atom. The van der Waals surface area contributed by atoms with Crippen molar-refractivity contribution in [3.05, 3.63) is 34.4 Å². The molecular formula is C12H15BrO3. The van der Waals surface area contributed by atoms with E-state index in [0.29, 0.717) is 12.2 Å². The predicted octanol–water partition coefficient (Wildman–Crippen LogP) is 2.73. The van der Waals surface area contributed by atoms with Crippen molar-refractivity contribution in [2.45, 2.75) is 19.6 Å². The fourth-order valence-corrected chi connectivity index (χ4v) is 2.07. The molecular weight excluding hydrogens is 272 g/mol. The first-order valence-electron chi connectivity index (χ1n) is 4.97. The molecule has 0 aromatic carbocycles. The molecule has 0 bridgehead atoms. The molecule has 1 aliphatic carbocycles. The molecule has 0 aromatic rings. The first-order chi connectivity index (χ1) is 7.55. The summed E-state index contributed by atoms with van der Waals surface area (Å²) in [5.74, 6) is -1.46. The topological polar surface area (TPSA) is 35.5 Å². The minimum atomic E-state index is -1.29. The third-order valence-electron chi connectivity index (χ3n) is 2.29. The summed E-state index contributed by atoms with van der Waals surface area (Å²) in [5, 5.41) is 0. The summed E-state index contributed by atoms with van der Waals surface area (Å²) >= 11 is 3.34. The van der Waals surface area contributed by atoms with Gasteiger partial charge in [-0.3, -0.25) is 4.79 Å². The van der Waals surface area contributed by atoms with E-state index in [4.69, 9.17) is 9.47 Å². The van der Waals surface area contributed by atoms with E-state index < -0.39 is 5.79 Å². The molecule has 0 spiro atoms. The van der Waals surface area contributed by atoms with Crippen LogP contribution >= 0.6 is 15.9 Å². The lowest BCUT2D eigenvalue weighted by atomic mass is 9.99. The average Bonchev–Trinajstić information content (AvgIpc) is 2.25. The fourth-order valence-electron chi connectivity index (χ4n) is 1.42. The van der Waals surface area contributed by atoms with E-state index in [0.717, 1.165) is 4.48 Å². The van der Waals surface area contributed by atoms with Crippen LogP contribution in [0.25, 0.3) is 0 Å². The number of Topliss-reactive ketones (excluding diaryl/α,β-unsaturated/α-hetero) is 1. The van der Waals surface area contributed by atoms with Gasteiger partial charge in [-0.1, -0.05) is 28.1 Å². The van der Waals surface area contributed by atoms with Gasteiger partial charge in [0.05, 0.1) is 6.61 Å². The summed E-state index contributed by atoms with van der Waals surface area (Å²) in [6.07, 6.45) is 7.06. The van der Waals surface area contributed by atoms with E-state index in [1.165, 1.54) is 7.11 Å². The summed E-state index contributed by atoms with van der Waals surface area (Å²) in [7, 11) is 1.46. The molecule has 0 aliphatic heterocycles. The normalized spacial score (nSPS) is 25.9. The molecule has 4 heteroatoms. The Labute approximate surface area is 104 Å². The van der Waals surface area contributed by atoms with Gasteiger partial charge in [-0.05, 0) is 31.6 Å². The second-order valence-electron chi connectivity index (χ2n) is 3.44. The van der Waals surface area contributed by atoms with Crippen molar-refractivity contribution in [3.8, 4) is 0 Å². The Bertz CT molecular complexity index is 368. The lowest BCUT2D eigenvalue weighted by Crippen LogP contribution is -2.44. The molecule has 3 nitrogen and oxygen atoms in total. The van der Waals surface area contributed by atoms with Crippen LogP contribution in [0.3, 0.4) is 0 Å². The van der Waals surface area contributed by atoms with E-state index >= 15 is 0 Å². The summed E-state index contributed by atoms with van der Waals surface area (Å²) in [5.41, 5.74) is 0.608. The summed E-state index contributed by atoms with van der Waals surface area (Å²) in [6.45, 7) is 3.96. The third-order valence-corrected chi connectivity index (χ3v) is 2.75. The number of halogens is 1. The Morgan fingerprint density at radius 3 is 2.81 bits per heavy atom. The molecule has 0 heterocycles. The highest BCUT2D eigenvalue weighted by Crippen LogP contribution is 2.29. The van der Waals surface area contributed by atoms with Crippen molar-refractivity contribution in [1.29, 1.82) is 0 Å². The third kappa shape index (κ3) is 2.70. The zero-order valence-corrected chi connectivity index (χ0v) is 11.2. The van der Waals surface area contributed by atoms with Crippen LogP contribution in [0.2, 0.25) is 0 Å². The van der Waals surface area contributed by atoms with Crippen molar-refractivity contribution in [3.63, 3.8) is 0 Å². The van der Waals surface area contributed by atoms with E-state index in [-0.39, 0.29) is 5.78 Å². The molecule has 0 saturated carbocycles. The van der Waals surface area contributed by atoms with E-state index in [2.05, 4.69) is 15.9 Å². The predicted molar refractivity (Wildman–Crippen MR) is 66.3 cm³/mol. The van der Waals surface area contributed by atoms with E-state index in [1.807, 2.05) is 19.1 Å². The molecule has 0 N–H and O–H groups in total. The smallest absolute Gasteiger partial charge is 0.255 e. The molecule has 0 aromatic heterocycles. The number of hydrogen-bond donors (Lipinski definition) is 0. The van der Waals surface area contributed by atoms with Crippen LogP contribution in [-0.2, 0) is 14.3 Å². The van der Waals surface area contributed by atoms with Gasteiger partial charge in [-0.2, -0.15) is 0 Å². The summed E-state index contributed by atoms with van der Waals surface area (Å²) in [6, 6.07) is 0. The zero-order valence-electron chi connectivity index (χ0n) is 9.62. The Morgan fingerprint density at radius 1 is 1.56 bits per heavy atom. The van der Waals surface area contributed by atoms with Crippen molar-refractivity contribution in [1.82, 2.24) is 0 Å². The Hall–Kier alpha value is -0.710. The molecule has 1 atom stereocenters. The standard InChI is InChI=1S/C12H15BrO3/c1-4-5-6-16-12(15-3)8-10(13)7-9(2)11(12)14/h4-5,7-8H,6H2,1-3H3/b5-4+. The summed E-state index contributed by atoms with van der Waals surface area (Å²) < 4.78 is 11.5. The van der Waals surface area contributed by atoms with Crippen LogP contribution in [0.15, 0.2) is 34.4 Å². The van der Waals surface area contributed by atoms with Gasteiger partial charge in [-0.15, -0.1) is 0 Å². The lowest BCUT2D eigenvalue weighted by molar-refractivity contribution is -0.188. The van der Waals surface area contributed by atoms with E-state index in [9.17, 15) is 4.79 Å². The maximum absolute atomic E-state index is 12.0. The number of carbonyl (C=O) groups excluding carboxylic acids is 1. The molecule has 16 heavy (non-hydrogen) atoms. The summed E-state index contributed by atoms with van der Waals surface area (Å²) in [4.78, 5) is 12.0. The monoisotopic (exact) mass is 286 g/mol. The zero-order chi connectivity index (χ0) is 12.2. The maximum Gasteiger partial charge on any atom is 0.255 e. The first-order valence-corrected chi connectivity index (χ1v) is 5.76. The molecule has 0 amide bonds. The van der Waals surface area contributed by atoms with Gasteiger partial charge in [0.25, 0.3) is 5.79 Å². The number of ketones is 1. The number of ether oxygens (including phenoxy) is 2. The van der Waals surface area contributed by atoms with Crippen LogP contribution in [-0.4, -0.2) is 25.3 Å². The molecule has 1 rings (SSSR count). The van der Waals surface area contributed by atoms with Gasteiger partial charge in [0.2, 0.25) is 5.78 Å². The minimum Gasteiger partial charge on any atom is -0.343 e. The second kappa shape index (κ2) is 5.57. The number of methoxy groups -OCH3 is 1. The number of carbonyl (C=O) groups is 1. The van der Waals surface area contributed by atoms with Crippen LogP contribution in [0, 0.1) is 0 Å². The van der Waals surface area contributed by atoms with Gasteiger partial charge in [-0.25, -0.2) is 0 Å². The minimum absolute atomic E-state index is 0.164. The number of allylic oxidation sites excluding steroid dienone is 3. The van der Waals surface area contributed by atoms with Gasteiger partial charge < -0.3 is 9.47 Å². The number of hydrogen-bond acceptors (Lipinski definition) is 3. The highest BCUT2D eigenvalue weighted by Gasteiger charge is 2.40. The molecule has 0 fully saturated rings. The lowest BCUT2D eigenvalue weighted by Gasteiger charge is -2.30. The second-order valence-corrected chi connectivity index (χ2v) is 4.35. The quantitative estimate of drug-likeness (QED) is 0.589. The van der Waals surface area contributed by atoms with Crippen molar-refractivity contribution in [2.75, 3.05) is 13.7 Å². The van der Waals surface area contributed by atoms with Crippen molar-refractivity contribution < 1.29 is 14.3 Å². The molecule has 1 unspecified atom stereocenters. The molecule has 1 aliphatic rings. The van der Waals surface area contributed by atoms with Crippen molar-refractivity contribution in [2.24, 2.45) is 0 Å². The highest BCUT2D eigenvalue weighted by molar-refractivity contribution is 9.11. The van der Waals surface area contributed by atoms with Gasteiger partial charge in [0, 0.05) is 11.6 Å². The van der Waals surface area contributed by atoms with Crippen molar-refractivity contribution >= 4 is 21.7 Å². The van der Waals surface area contributed by atoms with Gasteiger partial charge >= 0.3 is 0 Å². The average molecular weight is 287 g/mol. The van der Waals surface area contributed by atoms with Gasteiger partial charge in [0.1, 0.15) is 0 Å². The van der Waals surface area contributed by atoms with Crippen LogP contribution in [0.5, 0.6) is 0 Å². The Balaban J connectivity index is 2.95. The Kier molecular flexibility index (Phi) is 4.65. The maximum atomic E-state index is 12.0. The highest BCUT2D eigenvalue weighted by atomic mass is 79.9. The largest absolute Gasteiger partial charge is 0.343 e. The fraction of sp³-hybridized carbons (Fsp3) is 0.417. The molecule has 0 saturated heterocycles. The first kappa shape index (κ1) is 13.4. The van der Waals surface area contributed by atoms with Crippen LogP contribution in [0.1, 0.15) is 13.8 Å².